The lowest BCUT2D eigenvalue weighted by Crippen LogP contribution is -2.04. The summed E-state index contributed by atoms with van der Waals surface area (Å²) in [7, 11) is 0. The van der Waals surface area contributed by atoms with Crippen LogP contribution in [0.25, 0.3) is 99.1 Å². The van der Waals surface area contributed by atoms with Crippen molar-refractivity contribution in [3.8, 4) is 55.6 Å². The molecule has 11 aromatic carbocycles. The highest BCUT2D eigenvalue weighted by atomic mass is 16.3. The number of hydrogen-bond donors (Lipinski definition) is 0. The first-order valence-electron chi connectivity index (χ1n) is 22.1. The Balaban J connectivity index is 0.935. The molecule has 0 aliphatic heterocycles. The van der Waals surface area contributed by atoms with Gasteiger partial charge in [0.1, 0.15) is 11.2 Å². The Morgan fingerprint density at radius 1 is 0.234 bits per heavy atom. The lowest BCUT2D eigenvalue weighted by Gasteiger charge is -2.21. The molecule has 0 amide bonds. The van der Waals surface area contributed by atoms with E-state index in [4.69, 9.17) is 4.42 Å². The summed E-state index contributed by atoms with van der Waals surface area (Å²) >= 11 is 0. The van der Waals surface area contributed by atoms with Crippen molar-refractivity contribution in [1.82, 2.24) is 0 Å². The summed E-state index contributed by atoms with van der Waals surface area (Å²) < 4.78 is 6.28. The number of para-hydroxylation sites is 1. The normalized spacial score (nSPS) is 11.6. The van der Waals surface area contributed by atoms with Gasteiger partial charge in [-0.05, 0) is 112 Å². The van der Waals surface area contributed by atoms with Gasteiger partial charge in [0.05, 0.1) is 0 Å². The van der Waals surface area contributed by atoms with E-state index in [1.807, 2.05) is 12.1 Å². The quantitative estimate of drug-likeness (QED) is 0.139. The fraction of sp³-hybridized carbons (Fsp3) is 0.0159. The van der Waals surface area contributed by atoms with Crippen molar-refractivity contribution in [2.24, 2.45) is 0 Å². The van der Waals surface area contributed by atoms with Crippen molar-refractivity contribution in [2.45, 2.75) is 5.92 Å². The van der Waals surface area contributed by atoms with Crippen molar-refractivity contribution >= 4 is 43.5 Å². The minimum Gasteiger partial charge on any atom is -0.456 e. The minimum absolute atomic E-state index is 0.0108. The predicted molar refractivity (Wildman–Crippen MR) is 270 cm³/mol. The second-order valence-electron chi connectivity index (χ2n) is 16.8. The van der Waals surface area contributed by atoms with E-state index in [1.54, 1.807) is 0 Å². The molecule has 0 spiro atoms. The van der Waals surface area contributed by atoms with Crippen LogP contribution >= 0.6 is 0 Å². The Hall–Kier alpha value is -8.26. The number of furan rings is 1. The molecule has 1 aromatic heterocycles. The van der Waals surface area contributed by atoms with E-state index < -0.39 is 0 Å². The van der Waals surface area contributed by atoms with E-state index in [-0.39, 0.29) is 5.92 Å². The summed E-state index contributed by atoms with van der Waals surface area (Å²) in [5.74, 6) is 0.0108. The molecule has 1 heteroatoms. The Morgan fingerprint density at radius 2 is 0.609 bits per heavy atom. The molecule has 300 valence electrons. The maximum absolute atomic E-state index is 6.28. The molecule has 12 rings (SSSR count). The zero-order chi connectivity index (χ0) is 42.4. The van der Waals surface area contributed by atoms with Crippen molar-refractivity contribution in [3.63, 3.8) is 0 Å². The molecule has 0 saturated heterocycles. The fourth-order valence-electron chi connectivity index (χ4n) is 9.92. The average Bonchev–Trinajstić information content (AvgIpc) is 3.75. The highest BCUT2D eigenvalue weighted by Gasteiger charge is 2.20. The first-order chi connectivity index (χ1) is 31.7. The molecule has 1 heterocycles. The van der Waals surface area contributed by atoms with E-state index in [0.717, 1.165) is 33.1 Å². The van der Waals surface area contributed by atoms with Gasteiger partial charge < -0.3 is 4.42 Å². The van der Waals surface area contributed by atoms with Crippen molar-refractivity contribution < 1.29 is 4.42 Å². The van der Waals surface area contributed by atoms with E-state index in [1.165, 1.54) is 82.7 Å². The molecule has 0 atom stereocenters. The van der Waals surface area contributed by atoms with Crippen LogP contribution in [0.3, 0.4) is 0 Å². The van der Waals surface area contributed by atoms with E-state index in [2.05, 4.69) is 237 Å². The number of benzene rings is 11. The van der Waals surface area contributed by atoms with Gasteiger partial charge in [-0.15, -0.1) is 0 Å². The van der Waals surface area contributed by atoms with E-state index in [0.29, 0.717) is 0 Å². The second-order valence-corrected chi connectivity index (χ2v) is 16.8. The molecule has 0 radical (unpaired) electrons. The molecular formula is C63H42O. The van der Waals surface area contributed by atoms with Gasteiger partial charge in [0.2, 0.25) is 0 Å². The molecule has 0 fully saturated rings. The molecule has 0 aliphatic rings. The molecule has 64 heavy (non-hydrogen) atoms. The van der Waals surface area contributed by atoms with Crippen molar-refractivity contribution in [1.29, 1.82) is 0 Å². The van der Waals surface area contributed by atoms with Gasteiger partial charge in [-0.3, -0.25) is 0 Å². The summed E-state index contributed by atoms with van der Waals surface area (Å²) in [6.07, 6.45) is 0. The number of hydrogen-bond acceptors (Lipinski definition) is 1. The average molecular weight is 815 g/mol. The Kier molecular flexibility index (Phi) is 9.31. The van der Waals surface area contributed by atoms with Crippen LogP contribution in [0, 0.1) is 0 Å². The van der Waals surface area contributed by atoms with E-state index >= 15 is 0 Å². The highest BCUT2D eigenvalue weighted by Crippen LogP contribution is 2.41. The first kappa shape index (κ1) is 37.5. The SMILES string of the molecule is c1ccc(-c2cccc3ccccc23)c(-c2ccc(C(c3ccc(-c4ccc5c(c4)oc4ccccc45)cc3)c3ccc(-c4ccccc4-c4cccc5ccccc45)cc3)cc2)c1. The van der Waals surface area contributed by atoms with Gasteiger partial charge in [0.15, 0.2) is 0 Å². The minimum atomic E-state index is 0.0108. The highest BCUT2D eigenvalue weighted by molar-refractivity contribution is 6.06. The topological polar surface area (TPSA) is 13.1 Å². The fourth-order valence-corrected chi connectivity index (χ4v) is 9.92. The van der Waals surface area contributed by atoms with Gasteiger partial charge in [0.25, 0.3) is 0 Å². The monoisotopic (exact) mass is 814 g/mol. The summed E-state index contributed by atoms with van der Waals surface area (Å²) in [6, 6.07) is 90.6. The number of fused-ring (bicyclic) bond motifs is 5. The molecular weight excluding hydrogens is 773 g/mol. The molecule has 1 nitrogen and oxygen atoms in total. The zero-order valence-electron chi connectivity index (χ0n) is 35.2. The van der Waals surface area contributed by atoms with Crippen LogP contribution in [-0.2, 0) is 0 Å². The van der Waals surface area contributed by atoms with Crippen LogP contribution in [0.5, 0.6) is 0 Å². The van der Waals surface area contributed by atoms with Crippen molar-refractivity contribution in [2.75, 3.05) is 0 Å². The maximum atomic E-state index is 6.28. The molecule has 0 bridgehead atoms. The lowest BCUT2D eigenvalue weighted by molar-refractivity contribution is 0.669. The van der Waals surface area contributed by atoms with Gasteiger partial charge in [-0.1, -0.05) is 231 Å². The first-order valence-corrected chi connectivity index (χ1v) is 22.1. The number of rotatable bonds is 8. The van der Waals surface area contributed by atoms with Gasteiger partial charge >= 0.3 is 0 Å². The van der Waals surface area contributed by atoms with Gasteiger partial charge in [-0.25, -0.2) is 0 Å². The maximum Gasteiger partial charge on any atom is 0.136 e. The molecule has 0 unspecified atom stereocenters. The van der Waals surface area contributed by atoms with Crippen molar-refractivity contribution in [3.05, 3.63) is 265 Å². The van der Waals surface area contributed by atoms with Crippen LogP contribution in [0.4, 0.5) is 0 Å². The summed E-state index contributed by atoms with van der Waals surface area (Å²) in [6.45, 7) is 0. The molecule has 12 aromatic rings. The van der Waals surface area contributed by atoms with E-state index in [9.17, 15) is 0 Å². The third kappa shape index (κ3) is 6.67. The Bertz CT molecular complexity index is 3470. The van der Waals surface area contributed by atoms with Crippen LogP contribution in [-0.4, -0.2) is 0 Å². The summed E-state index contributed by atoms with van der Waals surface area (Å²) in [4.78, 5) is 0. The molecule has 0 N–H and O–H groups in total. The summed E-state index contributed by atoms with van der Waals surface area (Å²) in [5, 5.41) is 7.31. The second kappa shape index (κ2) is 15.9. The van der Waals surface area contributed by atoms with Crippen LogP contribution in [0.15, 0.2) is 253 Å². The van der Waals surface area contributed by atoms with Gasteiger partial charge in [0, 0.05) is 16.7 Å². The molecule has 0 saturated carbocycles. The third-order valence-corrected chi connectivity index (χ3v) is 13.1. The third-order valence-electron chi connectivity index (χ3n) is 13.1. The van der Waals surface area contributed by atoms with Crippen LogP contribution in [0.1, 0.15) is 22.6 Å². The van der Waals surface area contributed by atoms with Crippen LogP contribution < -0.4 is 0 Å². The largest absolute Gasteiger partial charge is 0.456 e. The molecule has 0 aliphatic carbocycles. The lowest BCUT2D eigenvalue weighted by atomic mass is 9.82. The Morgan fingerprint density at radius 3 is 1.14 bits per heavy atom. The smallest absolute Gasteiger partial charge is 0.136 e. The Labute approximate surface area is 373 Å². The zero-order valence-corrected chi connectivity index (χ0v) is 35.2. The van der Waals surface area contributed by atoms with Crippen LogP contribution in [0.2, 0.25) is 0 Å². The standard InChI is InChI=1S/C63H42O/c1-3-17-51-43(13-1)15-11-24-57(51)55-21-7-5-19-53(55)45-29-35-48(36-30-45)63(47-33-27-42(28-34-47)50-39-40-60-59-23-9-10-26-61(59)64-62(60)41-50)49-37-31-46(32-38-49)54-20-6-8-22-56(54)58-25-12-16-44-14-2-4-18-52(44)58/h1-41,63H. The summed E-state index contributed by atoms with van der Waals surface area (Å²) in [5.41, 5.74) is 17.6. The van der Waals surface area contributed by atoms with Gasteiger partial charge in [-0.2, -0.15) is 0 Å². The predicted octanol–water partition coefficient (Wildman–Crippen LogP) is 17.4.